The Morgan fingerprint density at radius 3 is 2.95 bits per heavy atom. The monoisotopic (exact) mass is 302 g/mol. The number of para-hydroxylation sites is 1. The Labute approximate surface area is 128 Å². The molecule has 110 valence electrons. The van der Waals surface area contributed by atoms with Crippen molar-refractivity contribution >= 4 is 23.4 Å². The molecular formula is C16H18N2O2S. The molecule has 2 heterocycles. The van der Waals surface area contributed by atoms with E-state index in [9.17, 15) is 4.79 Å². The molecule has 0 saturated carbocycles. The summed E-state index contributed by atoms with van der Waals surface area (Å²) in [6.45, 7) is 4.64. The molecule has 0 unspecified atom stereocenters. The fraction of sp³-hybridized carbons (Fsp3) is 0.375. The third-order valence-corrected chi connectivity index (χ3v) is 4.79. The molecule has 1 aliphatic rings. The Bertz CT molecular complexity index is 647. The van der Waals surface area contributed by atoms with Gasteiger partial charge in [0.1, 0.15) is 5.76 Å². The van der Waals surface area contributed by atoms with Gasteiger partial charge in [-0.05, 0) is 31.9 Å². The quantitative estimate of drug-likeness (QED) is 0.870. The summed E-state index contributed by atoms with van der Waals surface area (Å²) in [7, 11) is 0. The third kappa shape index (κ3) is 2.83. The lowest BCUT2D eigenvalue weighted by atomic mass is 10.2. The van der Waals surface area contributed by atoms with Crippen molar-refractivity contribution in [3.8, 4) is 0 Å². The average molecular weight is 302 g/mol. The molecule has 1 aliphatic heterocycles. The zero-order chi connectivity index (χ0) is 14.8. The van der Waals surface area contributed by atoms with Crippen LogP contribution in [0.2, 0.25) is 0 Å². The number of aromatic nitrogens is 1. The minimum Gasteiger partial charge on any atom is -0.361 e. The number of fused-ring (bicyclic) bond motifs is 1. The fourth-order valence-corrected chi connectivity index (χ4v) is 3.67. The Morgan fingerprint density at radius 1 is 1.38 bits per heavy atom. The van der Waals surface area contributed by atoms with Gasteiger partial charge in [0, 0.05) is 23.5 Å². The van der Waals surface area contributed by atoms with Crippen molar-refractivity contribution in [2.75, 3.05) is 17.2 Å². The van der Waals surface area contributed by atoms with E-state index in [4.69, 9.17) is 4.52 Å². The Kier molecular flexibility index (Phi) is 4.01. The predicted molar refractivity (Wildman–Crippen MR) is 84.6 cm³/mol. The number of rotatable bonds is 4. The van der Waals surface area contributed by atoms with Gasteiger partial charge in [0.2, 0.25) is 5.91 Å². The molecule has 0 saturated heterocycles. The molecule has 0 spiro atoms. The molecule has 0 radical (unpaired) electrons. The highest BCUT2D eigenvalue weighted by Gasteiger charge is 2.23. The highest BCUT2D eigenvalue weighted by atomic mass is 32.2. The number of thioether (sulfide) groups is 1. The first-order chi connectivity index (χ1) is 10.2. The smallest absolute Gasteiger partial charge is 0.237 e. The van der Waals surface area contributed by atoms with E-state index in [0.29, 0.717) is 5.75 Å². The van der Waals surface area contributed by atoms with Gasteiger partial charge >= 0.3 is 0 Å². The van der Waals surface area contributed by atoms with E-state index in [1.165, 1.54) is 5.56 Å². The van der Waals surface area contributed by atoms with Gasteiger partial charge < -0.3 is 9.42 Å². The summed E-state index contributed by atoms with van der Waals surface area (Å²) < 4.78 is 5.14. The van der Waals surface area contributed by atoms with Crippen molar-refractivity contribution in [1.29, 1.82) is 0 Å². The summed E-state index contributed by atoms with van der Waals surface area (Å²) in [6, 6.07) is 8.14. The summed E-state index contributed by atoms with van der Waals surface area (Å²) in [4.78, 5) is 14.3. The van der Waals surface area contributed by atoms with Crippen molar-refractivity contribution < 1.29 is 9.32 Å². The second kappa shape index (κ2) is 5.93. The topological polar surface area (TPSA) is 46.3 Å². The molecule has 0 atom stereocenters. The maximum Gasteiger partial charge on any atom is 0.237 e. The van der Waals surface area contributed by atoms with Crippen LogP contribution in [0.25, 0.3) is 0 Å². The third-order valence-electron chi connectivity index (χ3n) is 3.84. The largest absolute Gasteiger partial charge is 0.361 e. The second-order valence-corrected chi connectivity index (χ2v) is 6.21. The van der Waals surface area contributed by atoms with Gasteiger partial charge in [0.25, 0.3) is 0 Å². The molecule has 1 amide bonds. The zero-order valence-electron chi connectivity index (χ0n) is 12.3. The van der Waals surface area contributed by atoms with Crippen LogP contribution in [0.15, 0.2) is 28.8 Å². The standard InChI is InChI=1S/C16H18N2O2S/c1-11-14(12(2)20-17-11)9-21-10-16(19)18-8-7-13-5-3-4-6-15(13)18/h3-6H,7-10H2,1-2H3. The van der Waals surface area contributed by atoms with Crippen LogP contribution in [0.5, 0.6) is 0 Å². The molecule has 2 aromatic rings. The molecule has 4 nitrogen and oxygen atoms in total. The van der Waals surface area contributed by atoms with E-state index in [-0.39, 0.29) is 5.91 Å². The lowest BCUT2D eigenvalue weighted by Gasteiger charge is -2.16. The number of carbonyl (C=O) groups excluding carboxylic acids is 1. The van der Waals surface area contributed by atoms with Crippen LogP contribution in [0.3, 0.4) is 0 Å². The van der Waals surface area contributed by atoms with Crippen LogP contribution in [-0.4, -0.2) is 23.4 Å². The number of hydrogen-bond donors (Lipinski definition) is 0. The van der Waals surface area contributed by atoms with Gasteiger partial charge in [0.05, 0.1) is 11.4 Å². The van der Waals surface area contributed by atoms with Crippen LogP contribution in [-0.2, 0) is 17.0 Å². The first kappa shape index (κ1) is 14.2. The summed E-state index contributed by atoms with van der Waals surface area (Å²) in [5, 5.41) is 3.94. The molecule has 1 aromatic heterocycles. The van der Waals surface area contributed by atoms with Crippen molar-refractivity contribution in [2.45, 2.75) is 26.0 Å². The van der Waals surface area contributed by atoms with Gasteiger partial charge in [-0.15, -0.1) is 11.8 Å². The van der Waals surface area contributed by atoms with E-state index in [1.807, 2.05) is 36.9 Å². The van der Waals surface area contributed by atoms with E-state index in [1.54, 1.807) is 11.8 Å². The van der Waals surface area contributed by atoms with Crippen molar-refractivity contribution in [3.05, 3.63) is 46.8 Å². The van der Waals surface area contributed by atoms with Crippen molar-refractivity contribution in [3.63, 3.8) is 0 Å². The molecular weight excluding hydrogens is 284 g/mol. The number of aryl methyl sites for hydroxylation is 2. The number of carbonyl (C=O) groups is 1. The maximum atomic E-state index is 12.4. The van der Waals surface area contributed by atoms with E-state index >= 15 is 0 Å². The Morgan fingerprint density at radius 2 is 2.19 bits per heavy atom. The van der Waals surface area contributed by atoms with Gasteiger partial charge in [0.15, 0.2) is 0 Å². The lowest BCUT2D eigenvalue weighted by molar-refractivity contribution is -0.116. The minimum absolute atomic E-state index is 0.178. The Balaban J connectivity index is 1.59. The zero-order valence-corrected chi connectivity index (χ0v) is 13.1. The Hall–Kier alpha value is -1.75. The van der Waals surface area contributed by atoms with Crippen LogP contribution in [0.1, 0.15) is 22.6 Å². The van der Waals surface area contributed by atoms with Crippen molar-refractivity contribution in [2.24, 2.45) is 0 Å². The normalized spacial score (nSPS) is 13.5. The molecule has 0 fully saturated rings. The SMILES string of the molecule is Cc1noc(C)c1CSCC(=O)N1CCc2ccccc21. The number of amides is 1. The maximum absolute atomic E-state index is 12.4. The molecule has 3 rings (SSSR count). The summed E-state index contributed by atoms with van der Waals surface area (Å²) in [6.07, 6.45) is 0.955. The van der Waals surface area contributed by atoms with E-state index in [0.717, 1.165) is 41.4 Å². The molecule has 1 aromatic carbocycles. The van der Waals surface area contributed by atoms with E-state index < -0.39 is 0 Å². The summed E-state index contributed by atoms with van der Waals surface area (Å²) in [5.74, 6) is 2.27. The number of nitrogens with zero attached hydrogens (tertiary/aromatic N) is 2. The minimum atomic E-state index is 0.178. The molecule has 21 heavy (non-hydrogen) atoms. The van der Waals surface area contributed by atoms with Gasteiger partial charge in [-0.1, -0.05) is 23.4 Å². The lowest BCUT2D eigenvalue weighted by Crippen LogP contribution is -2.30. The van der Waals surface area contributed by atoms with Crippen LogP contribution < -0.4 is 4.90 Å². The molecule has 0 N–H and O–H groups in total. The summed E-state index contributed by atoms with van der Waals surface area (Å²) >= 11 is 1.62. The molecule has 5 heteroatoms. The van der Waals surface area contributed by atoms with Gasteiger partial charge in [-0.2, -0.15) is 0 Å². The fourth-order valence-electron chi connectivity index (χ4n) is 2.62. The van der Waals surface area contributed by atoms with Crippen LogP contribution in [0, 0.1) is 13.8 Å². The molecule has 0 bridgehead atoms. The number of hydrogen-bond acceptors (Lipinski definition) is 4. The van der Waals surface area contributed by atoms with E-state index in [2.05, 4.69) is 11.2 Å². The first-order valence-electron chi connectivity index (χ1n) is 7.04. The summed E-state index contributed by atoms with van der Waals surface area (Å²) in [5.41, 5.74) is 4.36. The van der Waals surface area contributed by atoms with Gasteiger partial charge in [-0.3, -0.25) is 4.79 Å². The first-order valence-corrected chi connectivity index (χ1v) is 8.20. The van der Waals surface area contributed by atoms with Crippen molar-refractivity contribution in [1.82, 2.24) is 5.16 Å². The van der Waals surface area contributed by atoms with Crippen LogP contribution >= 0.6 is 11.8 Å². The predicted octanol–water partition coefficient (Wildman–Crippen LogP) is 3.11. The van der Waals surface area contributed by atoms with Gasteiger partial charge in [-0.25, -0.2) is 0 Å². The second-order valence-electron chi connectivity index (χ2n) is 5.22. The number of anilines is 1. The number of benzene rings is 1. The highest BCUT2D eigenvalue weighted by molar-refractivity contribution is 7.99. The van der Waals surface area contributed by atoms with Crippen LogP contribution in [0.4, 0.5) is 5.69 Å². The molecule has 0 aliphatic carbocycles. The average Bonchev–Trinajstić information content (AvgIpc) is 3.05. The highest BCUT2D eigenvalue weighted by Crippen LogP contribution is 2.28.